The van der Waals surface area contributed by atoms with Gasteiger partial charge in [0, 0.05) is 24.3 Å². The minimum absolute atomic E-state index is 0.170. The summed E-state index contributed by atoms with van der Waals surface area (Å²) in [6, 6.07) is 20.6. The average molecular weight is 516 g/mol. The zero-order chi connectivity index (χ0) is 25.8. The third kappa shape index (κ3) is 5.54. The monoisotopic (exact) mass is 515 g/mol. The molecule has 5 aromatic rings. The smallest absolute Gasteiger partial charge is 0.261 e. The van der Waals surface area contributed by atoms with Crippen molar-refractivity contribution in [2.24, 2.45) is 0 Å². The lowest BCUT2D eigenvalue weighted by atomic mass is 10.1. The van der Waals surface area contributed by atoms with Crippen molar-refractivity contribution in [3.63, 3.8) is 0 Å². The Morgan fingerprint density at radius 2 is 1.81 bits per heavy atom. The molecule has 7 nitrogen and oxygen atoms in total. The molecule has 0 saturated heterocycles. The van der Waals surface area contributed by atoms with Gasteiger partial charge in [-0.3, -0.25) is 9.59 Å². The molecule has 0 fully saturated rings. The van der Waals surface area contributed by atoms with Crippen molar-refractivity contribution in [2.75, 3.05) is 11.9 Å². The van der Waals surface area contributed by atoms with Gasteiger partial charge in [-0.1, -0.05) is 41.9 Å². The first-order valence-electron chi connectivity index (χ1n) is 11.7. The fourth-order valence-corrected chi connectivity index (χ4v) is 4.37. The number of para-hydroxylation sites is 1. The molecule has 0 bridgehead atoms. The van der Waals surface area contributed by atoms with E-state index in [0.29, 0.717) is 57.2 Å². The van der Waals surface area contributed by atoms with E-state index in [0.717, 1.165) is 5.56 Å². The van der Waals surface area contributed by atoms with Crippen molar-refractivity contribution < 1.29 is 9.18 Å². The van der Waals surface area contributed by atoms with E-state index in [1.165, 1.54) is 12.1 Å². The van der Waals surface area contributed by atoms with Gasteiger partial charge < -0.3 is 20.6 Å². The molecule has 2 heterocycles. The van der Waals surface area contributed by atoms with Crippen LogP contribution in [0.15, 0.2) is 83.8 Å². The van der Waals surface area contributed by atoms with E-state index in [9.17, 15) is 14.0 Å². The number of aromatic nitrogens is 3. The lowest BCUT2D eigenvalue weighted by Gasteiger charge is -2.10. The molecule has 37 heavy (non-hydrogen) atoms. The number of carbonyl (C=O) groups is 1. The Morgan fingerprint density at radius 1 is 1.00 bits per heavy atom. The quantitative estimate of drug-likeness (QED) is 0.225. The molecule has 9 heteroatoms. The summed E-state index contributed by atoms with van der Waals surface area (Å²) in [5, 5.41) is 6.79. The highest BCUT2D eigenvalue weighted by Crippen LogP contribution is 2.26. The van der Waals surface area contributed by atoms with Crippen molar-refractivity contribution >= 4 is 34.2 Å². The maximum atomic E-state index is 13.5. The minimum atomic E-state index is -0.365. The van der Waals surface area contributed by atoms with Gasteiger partial charge in [0.15, 0.2) is 0 Å². The predicted octanol–water partition coefficient (Wildman–Crippen LogP) is 5.30. The zero-order valence-corrected chi connectivity index (χ0v) is 20.4. The Kier molecular flexibility index (Phi) is 7.00. The van der Waals surface area contributed by atoms with Crippen molar-refractivity contribution in [2.45, 2.75) is 13.0 Å². The summed E-state index contributed by atoms with van der Waals surface area (Å²) in [4.78, 5) is 36.2. The average Bonchev–Trinajstić information content (AvgIpc) is 3.31. The Balaban J connectivity index is 1.39. The highest BCUT2D eigenvalue weighted by molar-refractivity contribution is 6.30. The Bertz CT molecular complexity index is 1650. The van der Waals surface area contributed by atoms with E-state index in [1.54, 1.807) is 42.6 Å². The number of amides is 1. The molecule has 186 valence electrons. The summed E-state index contributed by atoms with van der Waals surface area (Å²) in [6.45, 7) is 0.744. The van der Waals surface area contributed by atoms with E-state index in [1.807, 2.05) is 24.3 Å². The number of nitrogens with one attached hydrogen (secondary N) is 4. The maximum Gasteiger partial charge on any atom is 0.261 e. The molecule has 0 aliphatic rings. The molecule has 0 spiro atoms. The first-order chi connectivity index (χ1) is 18.0. The Morgan fingerprint density at radius 3 is 2.65 bits per heavy atom. The number of hydrogen-bond donors (Lipinski definition) is 4. The van der Waals surface area contributed by atoms with Gasteiger partial charge in [-0.2, -0.15) is 0 Å². The number of fused-ring (bicyclic) bond motifs is 1. The number of benzene rings is 3. The van der Waals surface area contributed by atoms with Gasteiger partial charge in [-0.05, 0) is 60.0 Å². The zero-order valence-electron chi connectivity index (χ0n) is 19.6. The van der Waals surface area contributed by atoms with Crippen LogP contribution in [-0.2, 0) is 13.0 Å². The van der Waals surface area contributed by atoms with E-state index >= 15 is 0 Å². The topological polar surface area (TPSA) is 103 Å². The standard InChI is InChI=1S/C28H23ClFN5O2/c29-19-6-1-4-17(14-19)10-12-31-22-11-13-32-28(37)24(22)26-34-23-9-3-8-21(25(23)35-26)27(36)33-16-18-5-2-7-20(30)15-18/h1-9,11,13-15H,10,12,16H2,(H,33,36)(H,34,35)(H2,31,32,37). The molecular weight excluding hydrogens is 493 g/mol. The number of anilines is 1. The van der Waals surface area contributed by atoms with Gasteiger partial charge >= 0.3 is 0 Å². The van der Waals surface area contributed by atoms with Crippen molar-refractivity contribution in [1.82, 2.24) is 20.3 Å². The molecule has 5 rings (SSSR count). The molecule has 0 aliphatic heterocycles. The Hall–Kier alpha value is -4.43. The summed E-state index contributed by atoms with van der Waals surface area (Å²) < 4.78 is 13.5. The second-order valence-electron chi connectivity index (χ2n) is 8.50. The lowest BCUT2D eigenvalue weighted by molar-refractivity contribution is 0.0952. The normalized spacial score (nSPS) is 11.0. The number of halogens is 2. The molecule has 0 radical (unpaired) electrons. The van der Waals surface area contributed by atoms with Gasteiger partial charge in [0.1, 0.15) is 22.7 Å². The largest absolute Gasteiger partial charge is 0.384 e. The van der Waals surface area contributed by atoms with Crippen LogP contribution in [0.25, 0.3) is 22.4 Å². The van der Waals surface area contributed by atoms with Crippen molar-refractivity contribution in [3.05, 3.63) is 117 Å². The number of imidazole rings is 1. The summed E-state index contributed by atoms with van der Waals surface area (Å²) in [5.74, 6) is -0.377. The van der Waals surface area contributed by atoms with Gasteiger partial charge in [0.25, 0.3) is 11.5 Å². The Labute approximate surface area is 216 Å². The van der Waals surface area contributed by atoms with Gasteiger partial charge in [0.05, 0.1) is 16.8 Å². The molecule has 0 saturated carbocycles. The molecular formula is C28H23ClFN5O2. The van der Waals surface area contributed by atoms with Crippen LogP contribution in [0.3, 0.4) is 0 Å². The molecule has 0 aliphatic carbocycles. The number of H-pyrrole nitrogens is 2. The van der Waals surface area contributed by atoms with Crippen LogP contribution < -0.4 is 16.2 Å². The first kappa shape index (κ1) is 24.3. The van der Waals surface area contributed by atoms with E-state index in [4.69, 9.17) is 11.6 Å². The minimum Gasteiger partial charge on any atom is -0.384 e. The molecule has 0 unspecified atom stereocenters. The van der Waals surface area contributed by atoms with Crippen LogP contribution in [0.5, 0.6) is 0 Å². The van der Waals surface area contributed by atoms with Crippen molar-refractivity contribution in [3.8, 4) is 11.4 Å². The van der Waals surface area contributed by atoms with Gasteiger partial charge in [-0.25, -0.2) is 9.37 Å². The molecule has 3 aromatic carbocycles. The van der Waals surface area contributed by atoms with Crippen LogP contribution in [0.2, 0.25) is 5.02 Å². The number of pyridine rings is 1. The number of rotatable bonds is 8. The number of aromatic amines is 2. The maximum absolute atomic E-state index is 13.5. The number of nitrogens with zero attached hydrogens (tertiary/aromatic N) is 1. The van der Waals surface area contributed by atoms with Crippen LogP contribution >= 0.6 is 11.6 Å². The molecule has 2 aromatic heterocycles. The molecule has 4 N–H and O–H groups in total. The summed E-state index contributed by atoms with van der Waals surface area (Å²) >= 11 is 6.08. The van der Waals surface area contributed by atoms with Crippen LogP contribution in [0.1, 0.15) is 21.5 Å². The third-order valence-corrected chi connectivity index (χ3v) is 6.15. The highest BCUT2D eigenvalue weighted by atomic mass is 35.5. The highest BCUT2D eigenvalue weighted by Gasteiger charge is 2.18. The van der Waals surface area contributed by atoms with Crippen LogP contribution in [0.4, 0.5) is 10.1 Å². The third-order valence-electron chi connectivity index (χ3n) is 5.92. The molecule has 1 amide bonds. The van der Waals surface area contributed by atoms with Gasteiger partial charge in [-0.15, -0.1) is 0 Å². The number of hydrogen-bond acceptors (Lipinski definition) is 4. The molecule has 0 atom stereocenters. The fraction of sp³-hybridized carbons (Fsp3) is 0.107. The van der Waals surface area contributed by atoms with Crippen LogP contribution in [0, 0.1) is 5.82 Å². The van der Waals surface area contributed by atoms with E-state index in [2.05, 4.69) is 25.6 Å². The SMILES string of the molecule is O=C(NCc1cccc(F)c1)c1cccc2[nH]c(-c3c(NCCc4cccc(Cl)c4)cc[nH]c3=O)nc12. The fourth-order valence-electron chi connectivity index (χ4n) is 4.15. The van der Waals surface area contributed by atoms with E-state index < -0.39 is 0 Å². The number of carbonyl (C=O) groups excluding carboxylic acids is 1. The van der Waals surface area contributed by atoms with Crippen LogP contribution in [-0.4, -0.2) is 27.4 Å². The van der Waals surface area contributed by atoms with E-state index in [-0.39, 0.29) is 23.8 Å². The second kappa shape index (κ2) is 10.7. The lowest BCUT2D eigenvalue weighted by Crippen LogP contribution is -2.23. The van der Waals surface area contributed by atoms with Gasteiger partial charge in [0.2, 0.25) is 0 Å². The predicted molar refractivity (Wildman–Crippen MR) is 143 cm³/mol. The summed E-state index contributed by atoms with van der Waals surface area (Å²) in [5.41, 5.74) is 3.75. The second-order valence-corrected chi connectivity index (χ2v) is 8.94. The van der Waals surface area contributed by atoms with Crippen molar-refractivity contribution in [1.29, 1.82) is 0 Å². The summed E-state index contributed by atoms with van der Waals surface area (Å²) in [7, 11) is 0. The first-order valence-corrected chi connectivity index (χ1v) is 12.1. The summed E-state index contributed by atoms with van der Waals surface area (Å²) in [6.07, 6.45) is 2.28.